The Morgan fingerprint density at radius 1 is 1.10 bits per heavy atom. The first-order valence-corrected chi connectivity index (χ1v) is 8.69. The summed E-state index contributed by atoms with van der Waals surface area (Å²) >= 11 is 0. The normalized spacial score (nSPS) is 50.5. The van der Waals surface area contributed by atoms with Crippen molar-refractivity contribution in [3.05, 3.63) is 0 Å². The highest BCUT2D eigenvalue weighted by Gasteiger charge is 2.59. The second-order valence-corrected chi connectivity index (χ2v) is 8.86. The van der Waals surface area contributed by atoms with Gasteiger partial charge < -0.3 is 10.1 Å². The summed E-state index contributed by atoms with van der Waals surface area (Å²) in [7, 11) is 0. The van der Waals surface area contributed by atoms with Gasteiger partial charge in [-0.1, -0.05) is 27.7 Å². The molecule has 2 saturated carbocycles. The Labute approximate surface area is 125 Å². The predicted octanol–water partition coefficient (Wildman–Crippen LogP) is 4.14. The third-order valence-electron chi connectivity index (χ3n) is 7.02. The fraction of sp³-hybridized carbons (Fsp3) is 1.00. The molecule has 0 amide bonds. The zero-order chi connectivity index (χ0) is 14.6. The maximum Gasteiger partial charge on any atom is 0.0666 e. The lowest BCUT2D eigenvalue weighted by Crippen LogP contribution is -2.56. The molecule has 2 bridgehead atoms. The molecule has 0 radical (unpaired) electrons. The van der Waals surface area contributed by atoms with E-state index in [9.17, 15) is 0 Å². The molecular weight excluding hydrogens is 246 g/mol. The van der Waals surface area contributed by atoms with Crippen molar-refractivity contribution in [2.45, 2.75) is 90.8 Å². The SMILES string of the molecule is CCC1(C)CC(NC2C3(C)CCC(C3)C2(C)C)CCO1. The van der Waals surface area contributed by atoms with Crippen LogP contribution in [0.2, 0.25) is 0 Å². The van der Waals surface area contributed by atoms with Crippen LogP contribution in [0.3, 0.4) is 0 Å². The van der Waals surface area contributed by atoms with Crippen LogP contribution in [0, 0.1) is 16.7 Å². The highest BCUT2D eigenvalue weighted by atomic mass is 16.5. The van der Waals surface area contributed by atoms with Gasteiger partial charge in [0.25, 0.3) is 0 Å². The summed E-state index contributed by atoms with van der Waals surface area (Å²) in [5, 5.41) is 4.09. The highest BCUT2D eigenvalue weighted by Crippen LogP contribution is 2.62. The maximum absolute atomic E-state index is 6.01. The van der Waals surface area contributed by atoms with Crippen molar-refractivity contribution < 1.29 is 4.74 Å². The minimum Gasteiger partial charge on any atom is -0.375 e. The first kappa shape index (κ1) is 14.8. The van der Waals surface area contributed by atoms with Gasteiger partial charge in [0.15, 0.2) is 0 Å². The zero-order valence-electron chi connectivity index (χ0n) is 14.1. The molecule has 3 rings (SSSR count). The van der Waals surface area contributed by atoms with E-state index in [1.807, 2.05) is 0 Å². The van der Waals surface area contributed by atoms with Gasteiger partial charge in [-0.25, -0.2) is 0 Å². The number of hydrogen-bond donors (Lipinski definition) is 1. The molecule has 0 aromatic rings. The summed E-state index contributed by atoms with van der Waals surface area (Å²) < 4.78 is 6.01. The molecule has 5 unspecified atom stereocenters. The maximum atomic E-state index is 6.01. The van der Waals surface area contributed by atoms with Crippen molar-refractivity contribution in [1.29, 1.82) is 0 Å². The summed E-state index contributed by atoms with van der Waals surface area (Å²) in [5.74, 6) is 0.933. The molecule has 2 heteroatoms. The van der Waals surface area contributed by atoms with Gasteiger partial charge >= 0.3 is 0 Å². The Bertz CT molecular complexity index is 375. The second kappa shape index (κ2) is 4.71. The van der Waals surface area contributed by atoms with Crippen molar-refractivity contribution in [2.24, 2.45) is 16.7 Å². The van der Waals surface area contributed by atoms with E-state index in [-0.39, 0.29) is 5.60 Å². The van der Waals surface area contributed by atoms with Crippen LogP contribution in [-0.4, -0.2) is 24.3 Å². The third-order valence-corrected chi connectivity index (χ3v) is 7.02. The molecule has 0 spiro atoms. The summed E-state index contributed by atoms with van der Waals surface area (Å²) in [5.41, 5.74) is 1.10. The van der Waals surface area contributed by atoms with E-state index in [4.69, 9.17) is 4.74 Å². The van der Waals surface area contributed by atoms with Crippen molar-refractivity contribution in [1.82, 2.24) is 5.32 Å². The van der Waals surface area contributed by atoms with Crippen LogP contribution in [0.15, 0.2) is 0 Å². The summed E-state index contributed by atoms with van der Waals surface area (Å²) in [6, 6.07) is 1.34. The summed E-state index contributed by atoms with van der Waals surface area (Å²) in [6.07, 6.45) is 7.79. The van der Waals surface area contributed by atoms with E-state index in [0.29, 0.717) is 22.9 Å². The van der Waals surface area contributed by atoms with E-state index < -0.39 is 0 Å². The van der Waals surface area contributed by atoms with Crippen molar-refractivity contribution in [3.63, 3.8) is 0 Å². The number of rotatable bonds is 3. The zero-order valence-corrected chi connectivity index (χ0v) is 14.1. The lowest BCUT2D eigenvalue weighted by Gasteiger charge is -2.47. The van der Waals surface area contributed by atoms with Gasteiger partial charge in [0.1, 0.15) is 0 Å². The van der Waals surface area contributed by atoms with Gasteiger partial charge in [0.05, 0.1) is 5.60 Å². The molecule has 1 N–H and O–H groups in total. The van der Waals surface area contributed by atoms with Crippen molar-refractivity contribution >= 4 is 0 Å². The van der Waals surface area contributed by atoms with E-state index in [1.165, 1.54) is 32.1 Å². The Kier molecular flexibility index (Phi) is 3.49. The molecule has 2 nitrogen and oxygen atoms in total. The summed E-state index contributed by atoms with van der Waals surface area (Å²) in [6.45, 7) is 13.0. The molecule has 20 heavy (non-hydrogen) atoms. The topological polar surface area (TPSA) is 21.3 Å². The molecule has 1 saturated heterocycles. The van der Waals surface area contributed by atoms with Crippen LogP contribution in [0.25, 0.3) is 0 Å². The number of nitrogens with one attached hydrogen (secondary N) is 1. The van der Waals surface area contributed by atoms with Gasteiger partial charge in [-0.2, -0.15) is 0 Å². The first-order chi connectivity index (χ1) is 9.29. The molecule has 116 valence electrons. The Balaban J connectivity index is 1.71. The van der Waals surface area contributed by atoms with Crippen molar-refractivity contribution in [3.8, 4) is 0 Å². The predicted molar refractivity (Wildman–Crippen MR) is 83.8 cm³/mol. The Hall–Kier alpha value is -0.0800. The van der Waals surface area contributed by atoms with Gasteiger partial charge in [-0.3, -0.25) is 0 Å². The molecule has 2 aliphatic carbocycles. The monoisotopic (exact) mass is 279 g/mol. The average molecular weight is 279 g/mol. The third kappa shape index (κ3) is 2.23. The molecule has 0 aromatic carbocycles. The quantitative estimate of drug-likeness (QED) is 0.838. The second-order valence-electron chi connectivity index (χ2n) is 8.86. The Morgan fingerprint density at radius 3 is 2.45 bits per heavy atom. The minimum absolute atomic E-state index is 0.0958. The van der Waals surface area contributed by atoms with E-state index in [2.05, 4.69) is 39.9 Å². The van der Waals surface area contributed by atoms with E-state index in [0.717, 1.165) is 18.9 Å². The van der Waals surface area contributed by atoms with Crippen LogP contribution in [0.4, 0.5) is 0 Å². The van der Waals surface area contributed by atoms with Crippen LogP contribution in [-0.2, 0) is 4.74 Å². The van der Waals surface area contributed by atoms with Crippen LogP contribution in [0.5, 0.6) is 0 Å². The Morgan fingerprint density at radius 2 is 1.85 bits per heavy atom. The van der Waals surface area contributed by atoms with Gasteiger partial charge in [-0.15, -0.1) is 0 Å². The lowest BCUT2D eigenvalue weighted by molar-refractivity contribution is -0.0833. The van der Waals surface area contributed by atoms with Crippen molar-refractivity contribution in [2.75, 3.05) is 6.61 Å². The highest BCUT2D eigenvalue weighted by molar-refractivity contribution is 5.12. The number of fused-ring (bicyclic) bond motifs is 2. The van der Waals surface area contributed by atoms with Gasteiger partial charge in [-0.05, 0) is 62.2 Å². The molecule has 5 atom stereocenters. The molecule has 0 aromatic heterocycles. The van der Waals surface area contributed by atoms with Crippen LogP contribution < -0.4 is 5.32 Å². The fourth-order valence-electron chi connectivity index (χ4n) is 5.47. The van der Waals surface area contributed by atoms with Gasteiger partial charge in [0.2, 0.25) is 0 Å². The van der Waals surface area contributed by atoms with Gasteiger partial charge in [0, 0.05) is 18.7 Å². The molecular formula is C18H33NO. The largest absolute Gasteiger partial charge is 0.375 e. The average Bonchev–Trinajstić information content (AvgIpc) is 2.86. The standard InChI is InChI=1S/C18H33NO/c1-6-18(5)12-14(8-10-20-18)19-15-16(2,3)13-7-9-17(15,4)11-13/h13-15,19H,6-12H2,1-5H3. The molecule has 1 heterocycles. The molecule has 1 aliphatic heterocycles. The smallest absolute Gasteiger partial charge is 0.0666 e. The number of hydrogen-bond acceptors (Lipinski definition) is 2. The fourth-order valence-corrected chi connectivity index (χ4v) is 5.47. The summed E-state index contributed by atoms with van der Waals surface area (Å²) in [4.78, 5) is 0. The van der Waals surface area contributed by atoms with E-state index >= 15 is 0 Å². The van der Waals surface area contributed by atoms with Crippen LogP contribution in [0.1, 0.15) is 73.1 Å². The first-order valence-electron chi connectivity index (χ1n) is 8.69. The lowest BCUT2D eigenvalue weighted by atomic mass is 9.68. The number of ether oxygens (including phenoxy) is 1. The molecule has 3 aliphatic rings. The van der Waals surface area contributed by atoms with E-state index in [1.54, 1.807) is 0 Å². The van der Waals surface area contributed by atoms with Crippen LogP contribution >= 0.6 is 0 Å². The minimum atomic E-state index is 0.0958. The molecule has 3 fully saturated rings.